The Morgan fingerprint density at radius 2 is 1.96 bits per heavy atom. The number of rotatable bonds is 7. The molecule has 3 unspecified atom stereocenters. The summed E-state index contributed by atoms with van der Waals surface area (Å²) in [5, 5.41) is 5.84. The van der Waals surface area contributed by atoms with Crippen LogP contribution in [0.4, 0.5) is 4.79 Å². The molecule has 8 heteroatoms. The first-order valence-electron chi connectivity index (χ1n) is 9.05. The van der Waals surface area contributed by atoms with Crippen molar-refractivity contribution in [1.29, 1.82) is 0 Å². The molecule has 0 aromatic heterocycles. The number of urea groups is 1. The number of carbonyl (C=O) groups is 1. The van der Waals surface area contributed by atoms with Crippen molar-refractivity contribution in [3.8, 4) is 5.75 Å². The Balaban J connectivity index is 1.94. The third-order valence-corrected chi connectivity index (χ3v) is 5.20. The molecule has 0 aliphatic heterocycles. The molecule has 2 rings (SSSR count). The van der Waals surface area contributed by atoms with E-state index in [1.54, 1.807) is 0 Å². The SMILES string of the molecule is CCOc1cccc(C(C)NC(=O)NC2CCCCC2NS(C)(=O)=O)c1. The lowest BCUT2D eigenvalue weighted by Gasteiger charge is -2.32. The summed E-state index contributed by atoms with van der Waals surface area (Å²) in [5.41, 5.74) is 0.945. The van der Waals surface area contributed by atoms with Crippen molar-refractivity contribution in [2.24, 2.45) is 0 Å². The Morgan fingerprint density at radius 1 is 1.27 bits per heavy atom. The molecular weight excluding hydrogens is 354 g/mol. The van der Waals surface area contributed by atoms with E-state index in [1.165, 1.54) is 0 Å². The zero-order chi connectivity index (χ0) is 19.2. The van der Waals surface area contributed by atoms with E-state index in [4.69, 9.17) is 4.74 Å². The molecule has 7 nitrogen and oxygen atoms in total. The Bertz CT molecular complexity index is 708. The molecule has 1 aromatic carbocycles. The van der Waals surface area contributed by atoms with Gasteiger partial charge in [0.2, 0.25) is 10.0 Å². The van der Waals surface area contributed by atoms with Gasteiger partial charge in [-0.1, -0.05) is 25.0 Å². The summed E-state index contributed by atoms with van der Waals surface area (Å²) in [5.74, 6) is 0.767. The smallest absolute Gasteiger partial charge is 0.315 e. The number of hydrogen-bond donors (Lipinski definition) is 3. The van der Waals surface area contributed by atoms with Gasteiger partial charge in [-0.3, -0.25) is 0 Å². The molecule has 3 N–H and O–H groups in total. The second kappa shape index (κ2) is 9.23. The fourth-order valence-corrected chi connectivity index (χ4v) is 4.08. The largest absolute Gasteiger partial charge is 0.494 e. The third kappa shape index (κ3) is 6.49. The van der Waals surface area contributed by atoms with Crippen LogP contribution in [0, 0.1) is 0 Å². The number of amides is 2. The van der Waals surface area contributed by atoms with Gasteiger partial charge in [-0.25, -0.2) is 17.9 Å². The maximum Gasteiger partial charge on any atom is 0.315 e. The zero-order valence-corrected chi connectivity index (χ0v) is 16.4. The Morgan fingerprint density at radius 3 is 2.62 bits per heavy atom. The van der Waals surface area contributed by atoms with Crippen LogP contribution in [0.1, 0.15) is 51.1 Å². The number of sulfonamides is 1. The van der Waals surface area contributed by atoms with Crippen LogP contribution in [0.25, 0.3) is 0 Å². The monoisotopic (exact) mass is 383 g/mol. The lowest BCUT2D eigenvalue weighted by atomic mass is 9.91. The average molecular weight is 384 g/mol. The molecule has 0 radical (unpaired) electrons. The van der Waals surface area contributed by atoms with E-state index in [0.717, 1.165) is 43.3 Å². The van der Waals surface area contributed by atoms with Gasteiger partial charge in [-0.15, -0.1) is 0 Å². The van der Waals surface area contributed by atoms with Gasteiger partial charge in [0.1, 0.15) is 5.75 Å². The topological polar surface area (TPSA) is 96.5 Å². The highest BCUT2D eigenvalue weighted by Gasteiger charge is 2.28. The molecule has 0 saturated heterocycles. The highest BCUT2D eigenvalue weighted by atomic mass is 32.2. The lowest BCUT2D eigenvalue weighted by molar-refractivity contribution is 0.224. The van der Waals surface area contributed by atoms with Crippen molar-refractivity contribution in [3.63, 3.8) is 0 Å². The van der Waals surface area contributed by atoms with E-state index < -0.39 is 10.0 Å². The second-order valence-corrected chi connectivity index (χ2v) is 8.51. The minimum atomic E-state index is -3.30. The van der Waals surface area contributed by atoms with E-state index in [1.807, 2.05) is 38.1 Å². The highest BCUT2D eigenvalue weighted by Crippen LogP contribution is 2.21. The maximum absolute atomic E-state index is 12.4. The van der Waals surface area contributed by atoms with Gasteiger partial charge in [0, 0.05) is 12.1 Å². The van der Waals surface area contributed by atoms with Crippen molar-refractivity contribution in [2.75, 3.05) is 12.9 Å². The second-order valence-electron chi connectivity index (χ2n) is 6.73. The molecule has 1 aliphatic rings. The molecule has 0 spiro atoms. The van der Waals surface area contributed by atoms with Gasteiger partial charge in [-0.2, -0.15) is 0 Å². The summed E-state index contributed by atoms with van der Waals surface area (Å²) in [6.45, 7) is 4.41. The highest BCUT2D eigenvalue weighted by molar-refractivity contribution is 7.88. The van der Waals surface area contributed by atoms with Crippen molar-refractivity contribution >= 4 is 16.1 Å². The zero-order valence-electron chi connectivity index (χ0n) is 15.6. The summed E-state index contributed by atoms with van der Waals surface area (Å²) < 4.78 is 31.2. The maximum atomic E-state index is 12.4. The van der Waals surface area contributed by atoms with Crippen LogP contribution in [-0.4, -0.2) is 39.4 Å². The molecule has 1 fully saturated rings. The van der Waals surface area contributed by atoms with Crippen LogP contribution in [0.5, 0.6) is 5.75 Å². The first-order valence-corrected chi connectivity index (χ1v) is 10.9. The molecule has 1 aliphatic carbocycles. The van der Waals surface area contributed by atoms with Crippen molar-refractivity contribution in [2.45, 2.75) is 57.7 Å². The number of ether oxygens (including phenoxy) is 1. The fraction of sp³-hybridized carbons (Fsp3) is 0.611. The Hall–Kier alpha value is -1.80. The van der Waals surface area contributed by atoms with Crippen LogP contribution in [0.2, 0.25) is 0 Å². The van der Waals surface area contributed by atoms with Crippen LogP contribution in [-0.2, 0) is 10.0 Å². The van der Waals surface area contributed by atoms with Gasteiger partial charge in [-0.05, 0) is 44.4 Å². The molecule has 2 amide bonds. The molecule has 26 heavy (non-hydrogen) atoms. The van der Waals surface area contributed by atoms with Crippen molar-refractivity contribution in [1.82, 2.24) is 15.4 Å². The third-order valence-electron chi connectivity index (χ3n) is 4.46. The van der Waals surface area contributed by atoms with Crippen molar-refractivity contribution in [3.05, 3.63) is 29.8 Å². The molecule has 0 bridgehead atoms. The summed E-state index contributed by atoms with van der Waals surface area (Å²) >= 11 is 0. The van der Waals surface area contributed by atoms with Crippen LogP contribution in [0.3, 0.4) is 0 Å². The minimum Gasteiger partial charge on any atom is -0.494 e. The number of hydrogen-bond acceptors (Lipinski definition) is 4. The molecular formula is C18H29N3O4S. The molecule has 146 valence electrons. The minimum absolute atomic E-state index is 0.194. The Labute approximate surface area is 155 Å². The number of benzene rings is 1. The summed E-state index contributed by atoms with van der Waals surface area (Å²) in [6, 6.07) is 6.64. The van der Waals surface area contributed by atoms with Crippen molar-refractivity contribution < 1.29 is 17.9 Å². The molecule has 1 saturated carbocycles. The van der Waals surface area contributed by atoms with E-state index in [2.05, 4.69) is 15.4 Å². The first kappa shape index (κ1) is 20.5. The van der Waals surface area contributed by atoms with Crippen LogP contribution >= 0.6 is 0 Å². The normalized spacial score (nSPS) is 21.7. The summed E-state index contributed by atoms with van der Waals surface area (Å²) in [7, 11) is -3.30. The molecule has 3 atom stereocenters. The van der Waals surface area contributed by atoms with Crippen LogP contribution in [0.15, 0.2) is 24.3 Å². The first-order chi connectivity index (χ1) is 12.3. The summed E-state index contributed by atoms with van der Waals surface area (Å²) in [6.07, 6.45) is 4.55. The quantitative estimate of drug-likeness (QED) is 0.673. The Kier molecular flexibility index (Phi) is 7.28. The predicted octanol–water partition coefficient (Wildman–Crippen LogP) is 2.31. The van der Waals surface area contributed by atoms with Crippen LogP contribution < -0.4 is 20.1 Å². The average Bonchev–Trinajstić information content (AvgIpc) is 2.56. The summed E-state index contributed by atoms with van der Waals surface area (Å²) in [4.78, 5) is 12.4. The number of nitrogens with one attached hydrogen (secondary N) is 3. The van der Waals surface area contributed by atoms with E-state index in [0.29, 0.717) is 6.61 Å². The van der Waals surface area contributed by atoms with E-state index in [-0.39, 0.29) is 24.2 Å². The van der Waals surface area contributed by atoms with Gasteiger partial charge in [0.15, 0.2) is 0 Å². The lowest BCUT2D eigenvalue weighted by Crippen LogP contribution is -2.55. The predicted molar refractivity (Wildman–Crippen MR) is 102 cm³/mol. The standard InChI is InChI=1S/C18H29N3O4S/c1-4-25-15-9-7-8-14(12-15)13(2)19-18(22)20-16-10-5-6-11-17(16)21-26(3,23)24/h7-9,12-13,16-17,21H,4-6,10-11H2,1-3H3,(H2,19,20,22). The van der Waals surface area contributed by atoms with Gasteiger partial charge in [0.25, 0.3) is 0 Å². The van der Waals surface area contributed by atoms with E-state index >= 15 is 0 Å². The van der Waals surface area contributed by atoms with E-state index in [9.17, 15) is 13.2 Å². The van der Waals surface area contributed by atoms with Gasteiger partial charge < -0.3 is 15.4 Å². The fourth-order valence-electron chi connectivity index (χ4n) is 3.25. The number of carbonyl (C=O) groups excluding carboxylic acids is 1. The molecule has 1 aromatic rings. The van der Waals surface area contributed by atoms with Gasteiger partial charge in [0.05, 0.1) is 18.9 Å². The van der Waals surface area contributed by atoms with Gasteiger partial charge >= 0.3 is 6.03 Å². The molecule has 0 heterocycles.